The fourth-order valence-electron chi connectivity index (χ4n) is 3.48. The third-order valence-corrected chi connectivity index (χ3v) is 7.05. The van der Waals surface area contributed by atoms with Gasteiger partial charge in [-0.05, 0) is 61.2 Å². The summed E-state index contributed by atoms with van der Waals surface area (Å²) in [6, 6.07) is 12.0. The second-order valence-corrected chi connectivity index (χ2v) is 11.7. The Kier molecular flexibility index (Phi) is 10.7. The maximum atomic E-state index is 13.3. The summed E-state index contributed by atoms with van der Waals surface area (Å²) in [4.78, 5) is 27.5. The molecule has 1 N–H and O–H groups in total. The van der Waals surface area contributed by atoms with Crippen molar-refractivity contribution in [2.75, 3.05) is 23.7 Å². The summed E-state index contributed by atoms with van der Waals surface area (Å²) < 4.78 is 39.9. The lowest BCUT2D eigenvalue weighted by atomic mass is 10.1. The van der Waals surface area contributed by atoms with Gasteiger partial charge in [0.25, 0.3) is 0 Å². The first-order valence-corrected chi connectivity index (χ1v) is 14.1. The van der Waals surface area contributed by atoms with E-state index >= 15 is 0 Å². The molecule has 10 heteroatoms. The van der Waals surface area contributed by atoms with Crippen LogP contribution >= 0.6 is 15.9 Å². The van der Waals surface area contributed by atoms with Gasteiger partial charge in [0.1, 0.15) is 11.9 Å². The van der Waals surface area contributed by atoms with Gasteiger partial charge >= 0.3 is 0 Å². The smallest absolute Gasteiger partial charge is 0.242 e. The molecule has 0 radical (unpaired) electrons. The lowest BCUT2D eigenvalue weighted by Crippen LogP contribution is -2.48. The van der Waals surface area contributed by atoms with Crippen LogP contribution < -0.4 is 9.62 Å². The van der Waals surface area contributed by atoms with E-state index in [9.17, 15) is 22.4 Å². The number of nitrogens with zero attached hydrogens (tertiary/aromatic N) is 2. The number of hydrogen-bond acceptors (Lipinski definition) is 4. The Morgan fingerprint density at radius 1 is 1.09 bits per heavy atom. The van der Waals surface area contributed by atoms with Crippen molar-refractivity contribution in [2.45, 2.75) is 46.2 Å². The van der Waals surface area contributed by atoms with Gasteiger partial charge in [-0.3, -0.25) is 13.9 Å². The minimum atomic E-state index is -3.63. The minimum absolute atomic E-state index is 0.0447. The van der Waals surface area contributed by atoms with Gasteiger partial charge in [0.2, 0.25) is 21.8 Å². The van der Waals surface area contributed by atoms with Crippen LogP contribution in [0.15, 0.2) is 53.0 Å². The molecule has 0 aromatic heterocycles. The van der Waals surface area contributed by atoms with Crippen LogP contribution in [-0.2, 0) is 26.2 Å². The summed E-state index contributed by atoms with van der Waals surface area (Å²) >= 11 is 3.43. The van der Waals surface area contributed by atoms with Crippen LogP contribution in [-0.4, -0.2) is 50.5 Å². The molecule has 192 valence electrons. The molecular weight excluding hydrogens is 537 g/mol. The number of nitrogens with one attached hydrogen (secondary N) is 1. The lowest BCUT2D eigenvalue weighted by molar-refractivity contribution is -0.140. The first-order valence-electron chi connectivity index (χ1n) is 11.4. The Bertz CT molecular complexity index is 1110. The second-order valence-electron chi connectivity index (χ2n) is 8.88. The highest BCUT2D eigenvalue weighted by molar-refractivity contribution is 9.10. The van der Waals surface area contributed by atoms with Crippen LogP contribution in [0.5, 0.6) is 0 Å². The van der Waals surface area contributed by atoms with Crippen LogP contribution in [0.4, 0.5) is 10.1 Å². The molecule has 0 fully saturated rings. The summed E-state index contributed by atoms with van der Waals surface area (Å²) in [6.45, 7) is 6.46. The van der Waals surface area contributed by atoms with Gasteiger partial charge in [0, 0.05) is 30.5 Å². The summed E-state index contributed by atoms with van der Waals surface area (Å²) in [5, 5.41) is 2.87. The number of carbonyl (C=O) groups is 2. The van der Waals surface area contributed by atoms with Crippen LogP contribution in [0, 0.1) is 11.7 Å². The molecule has 0 bridgehead atoms. The van der Waals surface area contributed by atoms with Crippen molar-refractivity contribution in [3.05, 3.63) is 64.4 Å². The highest BCUT2D eigenvalue weighted by Gasteiger charge is 2.26. The van der Waals surface area contributed by atoms with Crippen molar-refractivity contribution in [1.29, 1.82) is 0 Å². The summed E-state index contributed by atoms with van der Waals surface area (Å²) in [7, 11) is -3.63. The van der Waals surface area contributed by atoms with Crippen molar-refractivity contribution in [3.8, 4) is 0 Å². The number of rotatable bonds is 12. The zero-order valence-electron chi connectivity index (χ0n) is 20.5. The minimum Gasteiger partial charge on any atom is -0.354 e. The topological polar surface area (TPSA) is 86.8 Å². The number of amides is 2. The van der Waals surface area contributed by atoms with Gasteiger partial charge in [-0.25, -0.2) is 12.8 Å². The van der Waals surface area contributed by atoms with E-state index in [0.717, 1.165) is 20.6 Å². The number of anilines is 1. The molecule has 0 unspecified atom stereocenters. The van der Waals surface area contributed by atoms with E-state index in [1.165, 1.54) is 29.2 Å². The first kappa shape index (κ1) is 28.8. The molecule has 0 aliphatic rings. The highest BCUT2D eigenvalue weighted by atomic mass is 79.9. The molecule has 35 heavy (non-hydrogen) atoms. The van der Waals surface area contributed by atoms with E-state index in [1.807, 2.05) is 38.1 Å². The summed E-state index contributed by atoms with van der Waals surface area (Å²) in [5.41, 5.74) is 1.19. The Morgan fingerprint density at radius 3 is 2.31 bits per heavy atom. The van der Waals surface area contributed by atoms with Gasteiger partial charge in [-0.15, -0.1) is 0 Å². The monoisotopic (exact) mass is 569 g/mol. The lowest BCUT2D eigenvalue weighted by Gasteiger charge is -2.29. The first-order chi connectivity index (χ1) is 16.4. The van der Waals surface area contributed by atoms with Crippen molar-refractivity contribution in [1.82, 2.24) is 10.2 Å². The molecule has 0 aliphatic carbocycles. The standard InChI is InChI=1S/C25H33BrFN3O4S/c1-18(2)16-28-25(32)19(3)29(17-20-7-5-8-21(26)15-20)24(31)9-6-14-30(35(4,33)34)23-12-10-22(27)11-13-23/h5,7-8,10-13,15,18-19H,6,9,14,16-17H2,1-4H3,(H,28,32)/t19-/m0/s1. The van der Waals surface area contributed by atoms with Gasteiger partial charge in [0.15, 0.2) is 0 Å². The van der Waals surface area contributed by atoms with Gasteiger partial charge in [0.05, 0.1) is 11.9 Å². The molecule has 0 heterocycles. The molecule has 2 aromatic carbocycles. The fourth-order valence-corrected chi connectivity index (χ4v) is 4.89. The van der Waals surface area contributed by atoms with Crippen molar-refractivity contribution in [2.24, 2.45) is 5.92 Å². The van der Waals surface area contributed by atoms with Crippen molar-refractivity contribution in [3.63, 3.8) is 0 Å². The number of sulfonamides is 1. The van der Waals surface area contributed by atoms with E-state index in [0.29, 0.717) is 12.2 Å². The van der Waals surface area contributed by atoms with Gasteiger partial charge in [-0.2, -0.15) is 0 Å². The SMILES string of the molecule is CC(C)CNC(=O)[C@H](C)N(Cc1cccc(Br)c1)C(=O)CCCN(c1ccc(F)cc1)S(C)(=O)=O. The van der Waals surface area contributed by atoms with Gasteiger partial charge < -0.3 is 10.2 Å². The fraction of sp³-hybridized carbons (Fsp3) is 0.440. The number of halogens is 2. The Hall–Kier alpha value is -2.46. The highest BCUT2D eigenvalue weighted by Crippen LogP contribution is 2.20. The molecule has 0 saturated carbocycles. The predicted octanol–water partition coefficient (Wildman–Crippen LogP) is 4.32. The van der Waals surface area contributed by atoms with E-state index in [-0.39, 0.29) is 43.7 Å². The van der Waals surface area contributed by atoms with Crippen molar-refractivity contribution >= 4 is 43.5 Å². The van der Waals surface area contributed by atoms with Crippen LogP contribution in [0.2, 0.25) is 0 Å². The Morgan fingerprint density at radius 2 is 1.74 bits per heavy atom. The molecule has 2 aromatic rings. The second kappa shape index (κ2) is 13.0. The molecule has 7 nitrogen and oxygen atoms in total. The van der Waals surface area contributed by atoms with Crippen molar-refractivity contribution < 1.29 is 22.4 Å². The zero-order valence-corrected chi connectivity index (χ0v) is 22.9. The predicted molar refractivity (Wildman–Crippen MR) is 140 cm³/mol. The largest absolute Gasteiger partial charge is 0.354 e. The van der Waals surface area contributed by atoms with E-state index in [1.54, 1.807) is 6.92 Å². The van der Waals surface area contributed by atoms with Crippen LogP contribution in [0.1, 0.15) is 39.2 Å². The Labute approximate surface area is 215 Å². The zero-order chi connectivity index (χ0) is 26.2. The third-order valence-electron chi connectivity index (χ3n) is 5.36. The average Bonchev–Trinajstić information content (AvgIpc) is 2.78. The number of benzene rings is 2. The van der Waals surface area contributed by atoms with E-state index in [4.69, 9.17) is 0 Å². The average molecular weight is 571 g/mol. The maximum absolute atomic E-state index is 13.3. The molecule has 0 saturated heterocycles. The maximum Gasteiger partial charge on any atom is 0.242 e. The molecule has 2 rings (SSSR count). The third kappa shape index (κ3) is 9.25. The molecule has 1 atom stereocenters. The normalized spacial score (nSPS) is 12.3. The van der Waals surface area contributed by atoms with Crippen LogP contribution in [0.3, 0.4) is 0 Å². The quantitative estimate of drug-likeness (QED) is 0.412. The summed E-state index contributed by atoms with van der Waals surface area (Å²) in [6.07, 6.45) is 1.35. The molecule has 2 amide bonds. The van der Waals surface area contributed by atoms with E-state index in [2.05, 4.69) is 21.2 Å². The van der Waals surface area contributed by atoms with Gasteiger partial charge in [-0.1, -0.05) is 41.9 Å². The number of hydrogen-bond donors (Lipinski definition) is 1. The van der Waals surface area contributed by atoms with Crippen LogP contribution in [0.25, 0.3) is 0 Å². The Balaban J connectivity index is 2.15. The molecule has 0 spiro atoms. The number of carbonyl (C=O) groups excluding carboxylic acids is 2. The summed E-state index contributed by atoms with van der Waals surface area (Å²) in [5.74, 6) is -0.699. The van der Waals surface area contributed by atoms with E-state index < -0.39 is 21.9 Å². The molecular formula is C25H33BrFN3O4S. The molecule has 0 aliphatic heterocycles.